The summed E-state index contributed by atoms with van der Waals surface area (Å²) in [5.74, 6) is 0. The van der Waals surface area contributed by atoms with Crippen molar-refractivity contribution in [2.75, 3.05) is 0 Å². The maximum absolute atomic E-state index is 3.73. The van der Waals surface area contributed by atoms with E-state index in [1.54, 1.807) is 0 Å². The Balaban J connectivity index is 2.23. The smallest absolute Gasteiger partial charge is 0.0497 e. The zero-order valence-electron chi connectivity index (χ0n) is 9.71. The molecule has 0 unspecified atom stereocenters. The number of hydrogen-bond acceptors (Lipinski definition) is 1. The van der Waals surface area contributed by atoms with Gasteiger partial charge in [0.1, 0.15) is 0 Å². The molecule has 0 nitrogen and oxygen atoms in total. The Hall–Kier alpha value is -0.640. The molecule has 0 saturated carbocycles. The largest absolute Gasteiger partial charge is 0.134 e. The van der Waals surface area contributed by atoms with E-state index in [9.17, 15) is 0 Å². The fourth-order valence-electron chi connectivity index (χ4n) is 1.96. The zero-order chi connectivity index (χ0) is 12.7. The third-order valence-electron chi connectivity index (χ3n) is 2.89. The van der Waals surface area contributed by atoms with Gasteiger partial charge in [-0.3, -0.25) is 0 Å². The average molecular weight is 382 g/mol. The van der Waals surface area contributed by atoms with E-state index < -0.39 is 0 Å². The normalized spacial score (nSPS) is 11.1. The summed E-state index contributed by atoms with van der Waals surface area (Å²) in [6.07, 6.45) is 0. The minimum atomic E-state index is 1.11. The standard InChI is InChI=1S/C15H10Br2S/c1-9-2-7-12-13(8-9)18-15(14(12)17)10-3-5-11(16)6-4-10/h2-8H,1H3. The lowest BCUT2D eigenvalue weighted by Gasteiger charge is -1.98. The van der Waals surface area contributed by atoms with E-state index >= 15 is 0 Å². The van der Waals surface area contributed by atoms with Gasteiger partial charge in [-0.25, -0.2) is 0 Å². The number of fused-ring (bicyclic) bond motifs is 1. The average Bonchev–Trinajstić information content (AvgIpc) is 2.67. The highest BCUT2D eigenvalue weighted by Crippen LogP contribution is 2.42. The Bertz CT molecular complexity index is 711. The Kier molecular flexibility index (Phi) is 3.31. The van der Waals surface area contributed by atoms with Crippen molar-refractivity contribution < 1.29 is 0 Å². The molecule has 0 bridgehead atoms. The molecule has 1 heterocycles. The summed E-state index contributed by atoms with van der Waals surface area (Å²) in [6.45, 7) is 2.13. The van der Waals surface area contributed by atoms with Crippen molar-refractivity contribution >= 4 is 53.3 Å². The molecule has 0 N–H and O–H groups in total. The van der Waals surface area contributed by atoms with E-state index in [2.05, 4.69) is 81.2 Å². The molecule has 1 aromatic heterocycles. The number of aryl methyl sites for hydroxylation is 1. The van der Waals surface area contributed by atoms with Gasteiger partial charge in [-0.2, -0.15) is 0 Å². The predicted octanol–water partition coefficient (Wildman–Crippen LogP) is 6.40. The van der Waals surface area contributed by atoms with Crippen LogP contribution in [0.25, 0.3) is 20.5 Å². The van der Waals surface area contributed by atoms with Gasteiger partial charge in [-0.05, 0) is 52.2 Å². The molecule has 0 atom stereocenters. The van der Waals surface area contributed by atoms with Crippen molar-refractivity contribution in [3.05, 3.63) is 57.0 Å². The van der Waals surface area contributed by atoms with Gasteiger partial charge in [-0.15, -0.1) is 11.3 Å². The molecule has 2 aromatic carbocycles. The fourth-order valence-corrected chi connectivity index (χ4v) is 4.37. The zero-order valence-corrected chi connectivity index (χ0v) is 13.7. The molecule has 0 fully saturated rings. The number of benzene rings is 2. The van der Waals surface area contributed by atoms with Crippen LogP contribution in [0.5, 0.6) is 0 Å². The first-order valence-corrected chi connectivity index (χ1v) is 8.00. The van der Waals surface area contributed by atoms with Gasteiger partial charge in [0.2, 0.25) is 0 Å². The molecule has 3 aromatic rings. The first-order valence-electron chi connectivity index (χ1n) is 5.60. The van der Waals surface area contributed by atoms with Gasteiger partial charge in [-0.1, -0.05) is 40.2 Å². The van der Waals surface area contributed by atoms with Crippen molar-refractivity contribution in [2.24, 2.45) is 0 Å². The fraction of sp³-hybridized carbons (Fsp3) is 0.0667. The van der Waals surface area contributed by atoms with Crippen LogP contribution in [0.3, 0.4) is 0 Å². The number of hydrogen-bond donors (Lipinski definition) is 0. The second-order valence-electron chi connectivity index (χ2n) is 4.25. The molecule has 0 amide bonds. The molecule has 0 aliphatic heterocycles. The highest BCUT2D eigenvalue weighted by molar-refractivity contribution is 9.11. The van der Waals surface area contributed by atoms with Gasteiger partial charge in [0.05, 0.1) is 0 Å². The van der Waals surface area contributed by atoms with Gasteiger partial charge in [0.25, 0.3) is 0 Å². The SMILES string of the molecule is Cc1ccc2c(Br)c(-c3ccc(Br)cc3)sc2c1. The van der Waals surface area contributed by atoms with Crippen molar-refractivity contribution in [1.82, 2.24) is 0 Å². The van der Waals surface area contributed by atoms with Gasteiger partial charge in [0, 0.05) is 23.9 Å². The summed E-state index contributed by atoms with van der Waals surface area (Å²) in [5, 5.41) is 1.29. The molecule has 3 rings (SSSR count). The van der Waals surface area contributed by atoms with Crippen LogP contribution in [0.2, 0.25) is 0 Å². The van der Waals surface area contributed by atoms with E-state index in [1.165, 1.54) is 30.6 Å². The lowest BCUT2D eigenvalue weighted by atomic mass is 10.1. The molecule has 0 aliphatic carbocycles. The monoisotopic (exact) mass is 380 g/mol. The molecular weight excluding hydrogens is 372 g/mol. The third-order valence-corrected chi connectivity index (χ3v) is 5.71. The summed E-state index contributed by atoms with van der Waals surface area (Å²) in [7, 11) is 0. The summed E-state index contributed by atoms with van der Waals surface area (Å²) in [6, 6.07) is 15.0. The Labute approximate surface area is 127 Å². The van der Waals surface area contributed by atoms with Crippen LogP contribution in [0.15, 0.2) is 51.4 Å². The van der Waals surface area contributed by atoms with E-state index in [0.29, 0.717) is 0 Å². The van der Waals surface area contributed by atoms with Crippen LogP contribution >= 0.6 is 43.2 Å². The van der Waals surface area contributed by atoms with Crippen LogP contribution in [-0.4, -0.2) is 0 Å². The minimum absolute atomic E-state index is 1.11. The Morgan fingerprint density at radius 2 is 1.67 bits per heavy atom. The van der Waals surface area contributed by atoms with E-state index in [4.69, 9.17) is 0 Å². The Morgan fingerprint density at radius 3 is 2.39 bits per heavy atom. The molecule has 0 aliphatic rings. The van der Waals surface area contributed by atoms with Crippen molar-refractivity contribution in [2.45, 2.75) is 6.92 Å². The minimum Gasteiger partial charge on any atom is -0.134 e. The maximum atomic E-state index is 3.73. The Morgan fingerprint density at radius 1 is 0.944 bits per heavy atom. The lowest BCUT2D eigenvalue weighted by molar-refractivity contribution is 1.52. The maximum Gasteiger partial charge on any atom is 0.0497 e. The first kappa shape index (κ1) is 12.4. The molecule has 90 valence electrons. The molecular formula is C15H10Br2S. The highest BCUT2D eigenvalue weighted by atomic mass is 79.9. The highest BCUT2D eigenvalue weighted by Gasteiger charge is 2.11. The van der Waals surface area contributed by atoms with Crippen molar-refractivity contribution in [3.63, 3.8) is 0 Å². The summed E-state index contributed by atoms with van der Waals surface area (Å²) < 4.78 is 3.64. The molecule has 3 heteroatoms. The van der Waals surface area contributed by atoms with E-state index in [0.717, 1.165) is 4.47 Å². The van der Waals surface area contributed by atoms with Crippen LogP contribution in [0.1, 0.15) is 5.56 Å². The molecule has 0 spiro atoms. The van der Waals surface area contributed by atoms with Crippen LogP contribution in [-0.2, 0) is 0 Å². The second-order valence-corrected chi connectivity index (χ2v) is 7.01. The first-order chi connectivity index (χ1) is 8.65. The van der Waals surface area contributed by atoms with Gasteiger partial charge in [0.15, 0.2) is 0 Å². The van der Waals surface area contributed by atoms with E-state index in [-0.39, 0.29) is 0 Å². The predicted molar refractivity (Wildman–Crippen MR) is 87.4 cm³/mol. The van der Waals surface area contributed by atoms with Crippen LogP contribution in [0, 0.1) is 6.92 Å². The van der Waals surface area contributed by atoms with Gasteiger partial charge >= 0.3 is 0 Å². The summed E-state index contributed by atoms with van der Waals surface area (Å²) in [4.78, 5) is 1.29. The topological polar surface area (TPSA) is 0 Å². The van der Waals surface area contributed by atoms with Crippen LogP contribution < -0.4 is 0 Å². The van der Waals surface area contributed by atoms with Crippen molar-refractivity contribution in [1.29, 1.82) is 0 Å². The number of halogens is 2. The molecule has 18 heavy (non-hydrogen) atoms. The number of thiophene rings is 1. The summed E-state index contributed by atoms with van der Waals surface area (Å²) in [5.41, 5.74) is 2.56. The van der Waals surface area contributed by atoms with E-state index in [1.807, 2.05) is 11.3 Å². The van der Waals surface area contributed by atoms with Crippen LogP contribution in [0.4, 0.5) is 0 Å². The molecule has 0 saturated heterocycles. The number of rotatable bonds is 1. The van der Waals surface area contributed by atoms with Gasteiger partial charge < -0.3 is 0 Å². The quantitative estimate of drug-likeness (QED) is 0.457. The molecule has 0 radical (unpaired) electrons. The summed E-state index contributed by atoms with van der Waals surface area (Å²) >= 11 is 9.04. The van der Waals surface area contributed by atoms with Crippen molar-refractivity contribution in [3.8, 4) is 10.4 Å². The second kappa shape index (κ2) is 4.80. The third kappa shape index (κ3) is 2.15. The lowest BCUT2D eigenvalue weighted by Crippen LogP contribution is -1.73.